The highest BCUT2D eigenvalue weighted by Crippen LogP contribution is 2.28. The van der Waals surface area contributed by atoms with E-state index in [1.54, 1.807) is 0 Å². The fourth-order valence-corrected chi connectivity index (χ4v) is 3.88. The minimum Gasteiger partial charge on any atom is -0.379 e. The van der Waals surface area contributed by atoms with Gasteiger partial charge in [-0.25, -0.2) is 0 Å². The van der Waals surface area contributed by atoms with E-state index in [2.05, 4.69) is 58.7 Å². The van der Waals surface area contributed by atoms with Gasteiger partial charge in [0.2, 0.25) is 0 Å². The van der Waals surface area contributed by atoms with Gasteiger partial charge in [-0.3, -0.25) is 9.69 Å². The lowest BCUT2D eigenvalue weighted by molar-refractivity contribution is 0.0334. The molecule has 140 valence electrons. The minimum atomic E-state index is -0.0352. The van der Waals surface area contributed by atoms with E-state index < -0.39 is 0 Å². The summed E-state index contributed by atoms with van der Waals surface area (Å²) in [5.41, 5.74) is 0.695. The van der Waals surface area contributed by atoms with E-state index in [1.165, 1.54) is 21.5 Å². The molecule has 0 aromatic heterocycles. The summed E-state index contributed by atoms with van der Waals surface area (Å²) < 4.78 is 5.35. The number of ether oxygens (including phenoxy) is 1. The third kappa shape index (κ3) is 3.33. The van der Waals surface area contributed by atoms with Crippen molar-refractivity contribution in [3.8, 4) is 0 Å². The lowest BCUT2D eigenvalue weighted by atomic mass is 9.98. The second-order valence-electron chi connectivity index (χ2n) is 7.36. The Morgan fingerprint density at radius 3 is 2.04 bits per heavy atom. The van der Waals surface area contributed by atoms with Crippen molar-refractivity contribution in [1.82, 2.24) is 10.2 Å². The summed E-state index contributed by atoms with van der Waals surface area (Å²) in [4.78, 5) is 14.8. The van der Waals surface area contributed by atoms with Gasteiger partial charge in [0.05, 0.1) is 19.9 Å². The number of hydrogen-bond acceptors (Lipinski definition) is 3. The molecule has 1 saturated heterocycles. The Kier molecular flexibility index (Phi) is 4.43. The fraction of sp³-hybridized carbons (Fsp3) is 0.208. The number of amides is 1. The first kappa shape index (κ1) is 17.2. The van der Waals surface area contributed by atoms with Gasteiger partial charge in [0.1, 0.15) is 0 Å². The molecule has 4 aromatic rings. The summed E-state index contributed by atoms with van der Waals surface area (Å²) in [6.45, 7) is 3.74. The van der Waals surface area contributed by atoms with E-state index in [-0.39, 0.29) is 5.91 Å². The molecular weight excluding hydrogens is 348 g/mol. The monoisotopic (exact) mass is 370 g/mol. The van der Waals surface area contributed by atoms with E-state index in [9.17, 15) is 4.79 Å². The highest BCUT2D eigenvalue weighted by Gasteiger charge is 2.12. The molecule has 5 rings (SSSR count). The van der Waals surface area contributed by atoms with Crippen LogP contribution >= 0.6 is 0 Å². The summed E-state index contributed by atoms with van der Waals surface area (Å²) in [6.07, 6.45) is 0. The van der Waals surface area contributed by atoms with Crippen LogP contribution in [0.1, 0.15) is 10.4 Å². The second kappa shape index (κ2) is 7.23. The van der Waals surface area contributed by atoms with Crippen molar-refractivity contribution in [1.29, 1.82) is 0 Å². The first-order valence-corrected chi connectivity index (χ1v) is 9.71. The fourth-order valence-electron chi connectivity index (χ4n) is 3.88. The van der Waals surface area contributed by atoms with Crippen molar-refractivity contribution in [2.75, 3.05) is 33.0 Å². The normalized spacial score (nSPS) is 15.3. The number of carbonyl (C=O) groups excluding carboxylic acids is 1. The molecule has 0 unspecified atom stereocenters. The molecular formula is C24H22N2O2. The smallest absolute Gasteiger partial charge is 0.252 e. The molecule has 0 aliphatic carbocycles. The Hall–Kier alpha value is -2.95. The molecule has 1 aliphatic rings. The van der Waals surface area contributed by atoms with Gasteiger partial charge in [0.25, 0.3) is 5.91 Å². The highest BCUT2D eigenvalue weighted by atomic mass is 16.5. The molecule has 0 radical (unpaired) electrons. The van der Waals surface area contributed by atoms with Gasteiger partial charge in [-0.2, -0.15) is 0 Å². The van der Waals surface area contributed by atoms with Crippen molar-refractivity contribution in [2.45, 2.75) is 0 Å². The number of rotatable bonds is 3. The van der Waals surface area contributed by atoms with Crippen molar-refractivity contribution in [2.24, 2.45) is 0 Å². The van der Waals surface area contributed by atoms with Crippen LogP contribution in [0.3, 0.4) is 0 Å². The summed E-state index contributed by atoms with van der Waals surface area (Å²) in [5, 5.41) is 10.1. The number of nitrogens with zero attached hydrogens (tertiary/aromatic N) is 1. The van der Waals surface area contributed by atoms with Gasteiger partial charge in [-0.1, -0.05) is 30.3 Å². The average Bonchev–Trinajstić information content (AvgIpc) is 2.75. The van der Waals surface area contributed by atoms with E-state index in [0.717, 1.165) is 37.1 Å². The molecule has 0 saturated carbocycles. The molecule has 1 heterocycles. The van der Waals surface area contributed by atoms with Crippen LogP contribution in [-0.2, 0) is 4.74 Å². The zero-order valence-electron chi connectivity index (χ0n) is 15.7. The third-order valence-corrected chi connectivity index (χ3v) is 5.49. The predicted octanol–water partition coefficient (Wildman–Crippen LogP) is 4.17. The second-order valence-corrected chi connectivity index (χ2v) is 7.36. The summed E-state index contributed by atoms with van der Waals surface area (Å²) in [5.74, 6) is -0.0352. The molecule has 4 aromatic carbocycles. The lowest BCUT2D eigenvalue weighted by Gasteiger charge is -2.26. The number of carbonyl (C=O) groups is 1. The standard InChI is InChI=1S/C24H22N2O2/c27-24(25-16-26-7-9-28-10-8-26)20-6-5-19-13-22-11-17-3-1-2-4-18(17)12-23(22)15-21(19)14-20/h1-6,11-15H,7-10,16H2,(H,25,27). The Morgan fingerprint density at radius 1 is 0.786 bits per heavy atom. The van der Waals surface area contributed by atoms with Gasteiger partial charge in [0, 0.05) is 18.7 Å². The zero-order valence-corrected chi connectivity index (χ0v) is 15.7. The molecule has 28 heavy (non-hydrogen) atoms. The van der Waals surface area contributed by atoms with E-state index in [1.807, 2.05) is 18.2 Å². The molecule has 0 spiro atoms. The average molecular weight is 370 g/mol. The maximum absolute atomic E-state index is 12.6. The molecule has 1 aliphatic heterocycles. The number of hydrogen-bond donors (Lipinski definition) is 1. The topological polar surface area (TPSA) is 41.6 Å². The van der Waals surface area contributed by atoms with Gasteiger partial charge >= 0.3 is 0 Å². The van der Waals surface area contributed by atoms with Crippen LogP contribution in [0.4, 0.5) is 0 Å². The quantitative estimate of drug-likeness (QED) is 0.551. The summed E-state index contributed by atoms with van der Waals surface area (Å²) in [7, 11) is 0. The number of morpholine rings is 1. The molecule has 1 N–H and O–H groups in total. The van der Waals surface area contributed by atoms with Crippen LogP contribution in [0, 0.1) is 0 Å². The van der Waals surface area contributed by atoms with Crippen LogP contribution in [0.5, 0.6) is 0 Å². The van der Waals surface area contributed by atoms with Gasteiger partial charge in [-0.05, 0) is 68.7 Å². The minimum absolute atomic E-state index is 0.0352. The molecule has 0 atom stereocenters. The Labute approximate surface area is 163 Å². The molecule has 0 bridgehead atoms. The zero-order chi connectivity index (χ0) is 18.9. The number of nitrogens with one attached hydrogen (secondary N) is 1. The van der Waals surface area contributed by atoms with Crippen molar-refractivity contribution in [3.63, 3.8) is 0 Å². The first-order valence-electron chi connectivity index (χ1n) is 9.71. The highest BCUT2D eigenvalue weighted by molar-refractivity contribution is 6.06. The van der Waals surface area contributed by atoms with Crippen molar-refractivity contribution < 1.29 is 9.53 Å². The summed E-state index contributed by atoms with van der Waals surface area (Å²) in [6, 6.07) is 23.2. The van der Waals surface area contributed by atoms with Gasteiger partial charge < -0.3 is 10.1 Å². The van der Waals surface area contributed by atoms with Gasteiger partial charge in [0.15, 0.2) is 0 Å². The molecule has 1 amide bonds. The molecule has 4 heteroatoms. The Bertz CT molecular complexity index is 1180. The molecule has 4 nitrogen and oxygen atoms in total. The lowest BCUT2D eigenvalue weighted by Crippen LogP contribution is -2.43. The predicted molar refractivity (Wildman–Crippen MR) is 114 cm³/mol. The van der Waals surface area contributed by atoms with Crippen LogP contribution < -0.4 is 5.32 Å². The van der Waals surface area contributed by atoms with Crippen LogP contribution in [0.25, 0.3) is 32.3 Å². The first-order chi connectivity index (χ1) is 13.8. The summed E-state index contributed by atoms with van der Waals surface area (Å²) >= 11 is 0. The maximum Gasteiger partial charge on any atom is 0.252 e. The number of fused-ring (bicyclic) bond motifs is 3. The number of benzene rings is 4. The van der Waals surface area contributed by atoms with Crippen LogP contribution in [0.15, 0.2) is 66.7 Å². The van der Waals surface area contributed by atoms with E-state index in [4.69, 9.17) is 4.74 Å². The van der Waals surface area contributed by atoms with Crippen LogP contribution in [0.2, 0.25) is 0 Å². The van der Waals surface area contributed by atoms with Gasteiger partial charge in [-0.15, -0.1) is 0 Å². The molecule has 1 fully saturated rings. The Balaban J connectivity index is 1.44. The van der Waals surface area contributed by atoms with E-state index in [0.29, 0.717) is 12.2 Å². The third-order valence-electron chi connectivity index (χ3n) is 5.49. The SMILES string of the molecule is O=C(NCN1CCOCC1)c1ccc2cc3cc4ccccc4cc3cc2c1. The Morgan fingerprint density at radius 2 is 1.36 bits per heavy atom. The largest absolute Gasteiger partial charge is 0.379 e. The van der Waals surface area contributed by atoms with Crippen molar-refractivity contribution >= 4 is 38.2 Å². The maximum atomic E-state index is 12.6. The van der Waals surface area contributed by atoms with Crippen LogP contribution in [-0.4, -0.2) is 43.8 Å². The van der Waals surface area contributed by atoms with Crippen molar-refractivity contribution in [3.05, 3.63) is 72.3 Å². The van der Waals surface area contributed by atoms with E-state index >= 15 is 0 Å².